The van der Waals surface area contributed by atoms with Crippen LogP contribution in [0.2, 0.25) is 0 Å². The van der Waals surface area contributed by atoms with Gasteiger partial charge in [0.2, 0.25) is 5.91 Å². The standard InChI is InChI=1S/C70H127NO18/c1-3-5-7-9-11-13-15-16-17-18-19-20-21-22-23-24-25-26-27-28-29-30-31-32-33-34-35-36-38-40-42-44-46-48-58(76)71-53(54(75)47-45-43-41-39-37-14-12-10-8-6-4-2)52-84-68-64(82)61(79)66(56(50-73)86-68)89-70-65(83)62(80)67(57(51-74)87-70)88-69-63(81)60(78)59(77)55(49-72)85-69/h15-16,18-19,21-22,45,47,53-57,59-70,72-75,77-83H,3-14,17,20,23-44,46,48-52H2,1-2H3,(H,71,76)/b16-15-,19-18-,22-21-,47-45+. The second-order valence-electron chi connectivity index (χ2n) is 25.3. The van der Waals surface area contributed by atoms with Crippen molar-refractivity contribution in [1.29, 1.82) is 0 Å². The smallest absolute Gasteiger partial charge is 0.220 e. The summed E-state index contributed by atoms with van der Waals surface area (Å²) >= 11 is 0. The van der Waals surface area contributed by atoms with Gasteiger partial charge in [0.25, 0.3) is 0 Å². The molecular formula is C70H127NO18. The summed E-state index contributed by atoms with van der Waals surface area (Å²) in [6, 6.07) is -0.971. The molecule has 0 bridgehead atoms. The third-order valence-corrected chi connectivity index (χ3v) is 17.6. The number of carbonyl (C=O) groups is 1. The van der Waals surface area contributed by atoms with Gasteiger partial charge in [-0.2, -0.15) is 0 Å². The van der Waals surface area contributed by atoms with Crippen LogP contribution in [0.1, 0.15) is 258 Å². The van der Waals surface area contributed by atoms with Crippen molar-refractivity contribution < 1.29 is 89.4 Å². The van der Waals surface area contributed by atoms with Crippen molar-refractivity contribution >= 4 is 5.91 Å². The summed E-state index contributed by atoms with van der Waals surface area (Å²) in [5, 5.41) is 120. The van der Waals surface area contributed by atoms with Gasteiger partial charge in [-0.15, -0.1) is 0 Å². The number of carbonyl (C=O) groups excluding carboxylic acids is 1. The number of hydrogen-bond acceptors (Lipinski definition) is 18. The molecular weight excluding hydrogens is 1140 g/mol. The van der Waals surface area contributed by atoms with Crippen LogP contribution in [0.15, 0.2) is 48.6 Å². The molecule has 520 valence electrons. The molecule has 89 heavy (non-hydrogen) atoms. The van der Waals surface area contributed by atoms with Crippen molar-refractivity contribution in [1.82, 2.24) is 5.32 Å². The summed E-state index contributed by atoms with van der Waals surface area (Å²) in [4.78, 5) is 13.4. The maximum Gasteiger partial charge on any atom is 0.220 e. The highest BCUT2D eigenvalue weighted by atomic mass is 16.8. The minimum Gasteiger partial charge on any atom is -0.394 e. The van der Waals surface area contributed by atoms with Crippen LogP contribution in [-0.4, -0.2) is 193 Å². The lowest BCUT2D eigenvalue weighted by Crippen LogP contribution is -2.66. The van der Waals surface area contributed by atoms with Gasteiger partial charge in [-0.05, 0) is 57.8 Å². The van der Waals surface area contributed by atoms with Gasteiger partial charge in [0.05, 0.1) is 38.6 Å². The quantitative estimate of drug-likeness (QED) is 0.0199. The third kappa shape index (κ3) is 34.1. The number of rotatable bonds is 54. The highest BCUT2D eigenvalue weighted by molar-refractivity contribution is 5.76. The molecule has 0 aromatic rings. The maximum absolute atomic E-state index is 13.4. The SMILES string of the molecule is CCCCCCC/C=C\C/C=C\C/C=C\CCCCCCCCCCCCCCCCCCCCC(=O)NC(COC1OC(CO)C(OC2OC(CO)C(OC3OC(CO)C(O)C(O)C3O)C(O)C2O)C(O)C1O)C(O)/C=C/CCCCCCCCCCC. The number of aliphatic hydroxyl groups is 11. The van der Waals surface area contributed by atoms with Crippen LogP contribution in [0.4, 0.5) is 0 Å². The lowest BCUT2D eigenvalue weighted by Gasteiger charge is -2.48. The molecule has 0 radical (unpaired) electrons. The molecule has 17 atom stereocenters. The zero-order valence-corrected chi connectivity index (χ0v) is 54.9. The van der Waals surface area contributed by atoms with Crippen LogP contribution >= 0.6 is 0 Å². The monoisotopic (exact) mass is 1270 g/mol. The first-order valence-electron chi connectivity index (χ1n) is 35.4. The van der Waals surface area contributed by atoms with Crippen molar-refractivity contribution in [2.24, 2.45) is 0 Å². The summed E-state index contributed by atoms with van der Waals surface area (Å²) in [6.45, 7) is 1.70. The van der Waals surface area contributed by atoms with Crippen LogP contribution in [0.5, 0.6) is 0 Å². The average Bonchev–Trinajstić information content (AvgIpc) is 1.33. The molecule has 3 fully saturated rings. The molecule has 0 saturated carbocycles. The Bertz CT molecular complexity index is 1800. The van der Waals surface area contributed by atoms with Gasteiger partial charge in [-0.1, -0.05) is 242 Å². The molecule has 3 saturated heterocycles. The Morgan fingerprint density at radius 2 is 0.742 bits per heavy atom. The summed E-state index contributed by atoms with van der Waals surface area (Å²) in [7, 11) is 0. The molecule has 17 unspecified atom stereocenters. The number of nitrogens with one attached hydrogen (secondary N) is 1. The van der Waals surface area contributed by atoms with E-state index < -0.39 is 124 Å². The number of hydrogen-bond donors (Lipinski definition) is 12. The van der Waals surface area contributed by atoms with E-state index in [1.54, 1.807) is 6.08 Å². The van der Waals surface area contributed by atoms with E-state index in [0.29, 0.717) is 6.42 Å². The predicted octanol–water partition coefficient (Wildman–Crippen LogP) is 9.39. The Labute approximate surface area is 535 Å². The Balaban J connectivity index is 1.34. The molecule has 3 heterocycles. The summed E-state index contributed by atoms with van der Waals surface area (Å²) in [6.07, 6.45) is 35.5. The second kappa shape index (κ2) is 52.1. The van der Waals surface area contributed by atoms with Crippen molar-refractivity contribution in [3.63, 3.8) is 0 Å². The summed E-state index contributed by atoms with van der Waals surface area (Å²) < 4.78 is 34.3. The summed E-state index contributed by atoms with van der Waals surface area (Å²) in [5.41, 5.74) is 0. The van der Waals surface area contributed by atoms with Crippen molar-refractivity contribution in [2.75, 3.05) is 26.4 Å². The van der Waals surface area contributed by atoms with Crippen molar-refractivity contribution in [3.05, 3.63) is 48.6 Å². The first-order valence-corrected chi connectivity index (χ1v) is 35.4. The van der Waals surface area contributed by atoms with Gasteiger partial charge >= 0.3 is 0 Å². The topological polar surface area (TPSA) is 307 Å². The average molecular weight is 1270 g/mol. The van der Waals surface area contributed by atoms with Gasteiger partial charge < -0.3 is 89.9 Å². The molecule has 0 aromatic heterocycles. The molecule has 12 N–H and O–H groups in total. The van der Waals surface area contributed by atoms with E-state index in [1.165, 1.54) is 173 Å². The third-order valence-electron chi connectivity index (χ3n) is 17.6. The van der Waals surface area contributed by atoms with Gasteiger partial charge in [0.15, 0.2) is 18.9 Å². The second-order valence-corrected chi connectivity index (χ2v) is 25.3. The van der Waals surface area contributed by atoms with E-state index in [1.807, 2.05) is 6.08 Å². The molecule has 3 aliphatic heterocycles. The van der Waals surface area contributed by atoms with Crippen LogP contribution in [0.25, 0.3) is 0 Å². The molecule has 0 spiro atoms. The first kappa shape index (κ1) is 81.0. The van der Waals surface area contributed by atoms with Crippen LogP contribution in [0, 0.1) is 0 Å². The lowest BCUT2D eigenvalue weighted by atomic mass is 9.96. The number of aliphatic hydroxyl groups excluding tert-OH is 11. The van der Waals surface area contributed by atoms with Crippen LogP contribution in [0.3, 0.4) is 0 Å². The number of ether oxygens (including phenoxy) is 6. The van der Waals surface area contributed by atoms with Crippen molar-refractivity contribution in [3.8, 4) is 0 Å². The number of amides is 1. The Kier molecular flexibility index (Phi) is 47.4. The van der Waals surface area contributed by atoms with E-state index in [4.69, 9.17) is 28.4 Å². The van der Waals surface area contributed by atoms with Gasteiger partial charge in [-0.25, -0.2) is 0 Å². The Hall–Kier alpha value is -2.25. The lowest BCUT2D eigenvalue weighted by molar-refractivity contribution is -0.379. The van der Waals surface area contributed by atoms with E-state index >= 15 is 0 Å². The predicted molar refractivity (Wildman–Crippen MR) is 346 cm³/mol. The van der Waals surface area contributed by atoms with E-state index in [-0.39, 0.29) is 18.9 Å². The Morgan fingerprint density at radius 3 is 1.16 bits per heavy atom. The fourth-order valence-corrected chi connectivity index (χ4v) is 11.8. The van der Waals surface area contributed by atoms with Gasteiger partial charge in [0.1, 0.15) is 73.2 Å². The van der Waals surface area contributed by atoms with E-state index in [0.717, 1.165) is 57.8 Å². The van der Waals surface area contributed by atoms with E-state index in [9.17, 15) is 61.0 Å². The molecule has 1 amide bonds. The van der Waals surface area contributed by atoms with Gasteiger partial charge in [0, 0.05) is 6.42 Å². The van der Waals surface area contributed by atoms with Crippen LogP contribution < -0.4 is 5.32 Å². The fourth-order valence-electron chi connectivity index (χ4n) is 11.8. The van der Waals surface area contributed by atoms with Crippen LogP contribution in [-0.2, 0) is 33.2 Å². The molecule has 3 aliphatic rings. The van der Waals surface area contributed by atoms with Crippen molar-refractivity contribution in [2.45, 2.75) is 362 Å². The highest BCUT2D eigenvalue weighted by Gasteiger charge is 2.53. The highest BCUT2D eigenvalue weighted by Crippen LogP contribution is 2.33. The summed E-state index contributed by atoms with van der Waals surface area (Å²) in [5.74, 6) is -0.275. The molecule has 3 rings (SSSR count). The number of unbranched alkanes of at least 4 members (excludes halogenated alkanes) is 32. The zero-order valence-electron chi connectivity index (χ0n) is 54.9. The molecule has 19 nitrogen and oxygen atoms in total. The Morgan fingerprint density at radius 1 is 0.404 bits per heavy atom. The maximum atomic E-state index is 13.4. The largest absolute Gasteiger partial charge is 0.394 e. The normalized spacial score (nSPS) is 28.5. The zero-order chi connectivity index (χ0) is 64.7. The minimum absolute atomic E-state index is 0.244. The number of allylic oxidation sites excluding steroid dienone is 7. The van der Waals surface area contributed by atoms with Gasteiger partial charge in [-0.3, -0.25) is 4.79 Å². The van der Waals surface area contributed by atoms with E-state index in [2.05, 4.69) is 55.6 Å². The fraction of sp³-hybridized carbons (Fsp3) is 0.871. The molecule has 19 heteroatoms. The molecule has 0 aliphatic carbocycles. The molecule has 0 aromatic carbocycles. The first-order chi connectivity index (χ1) is 43.3. The minimum atomic E-state index is -1.98.